The molecular formula is C26H40ClF2N3O4. The van der Waals surface area contributed by atoms with Gasteiger partial charge in [0.05, 0.1) is 29.2 Å². The third kappa shape index (κ3) is 5.54. The van der Waals surface area contributed by atoms with E-state index in [0.29, 0.717) is 70.1 Å². The molecule has 5 saturated carbocycles. The van der Waals surface area contributed by atoms with Gasteiger partial charge in [-0.2, -0.15) is 0 Å². The van der Waals surface area contributed by atoms with Crippen molar-refractivity contribution in [2.75, 3.05) is 6.61 Å². The van der Waals surface area contributed by atoms with Crippen molar-refractivity contribution in [3.63, 3.8) is 0 Å². The smallest absolute Gasteiger partial charge is 0.246 e. The molecule has 7 nitrogen and oxygen atoms in total. The number of hydrogen-bond acceptors (Lipinski definition) is 5. The Morgan fingerprint density at radius 2 is 1.78 bits per heavy atom. The van der Waals surface area contributed by atoms with Crippen LogP contribution in [0.4, 0.5) is 8.78 Å². The van der Waals surface area contributed by atoms with E-state index in [1.165, 1.54) is 0 Å². The van der Waals surface area contributed by atoms with Gasteiger partial charge in [0.15, 0.2) is 0 Å². The average molecular weight is 532 g/mol. The minimum absolute atomic E-state index is 0.0838. The number of aliphatic hydroxyl groups is 1. The zero-order valence-corrected chi connectivity index (χ0v) is 21.6. The lowest BCUT2D eigenvalue weighted by Crippen LogP contribution is -2.71. The summed E-state index contributed by atoms with van der Waals surface area (Å²) < 4.78 is 33.2. The molecule has 0 aromatic rings. The number of ether oxygens (including phenoxy) is 1. The summed E-state index contributed by atoms with van der Waals surface area (Å²) >= 11 is 5.92. The topological polar surface area (TPSA) is 99.7 Å². The third-order valence-corrected chi connectivity index (χ3v) is 10.2. The first-order valence-corrected chi connectivity index (χ1v) is 14.2. The van der Waals surface area contributed by atoms with Gasteiger partial charge in [0.1, 0.15) is 19.0 Å². The summed E-state index contributed by atoms with van der Waals surface area (Å²) in [5.41, 5.74) is -1.18. The molecule has 1 heterocycles. The maximum atomic E-state index is 13.8. The van der Waals surface area contributed by atoms with Crippen LogP contribution < -0.4 is 16.0 Å². The number of carbonyl (C=O) groups is 2. The normalized spacial score (nSPS) is 46.6. The van der Waals surface area contributed by atoms with Gasteiger partial charge in [0.25, 0.3) is 0 Å². The second-order valence-electron chi connectivity index (χ2n) is 12.0. The Balaban J connectivity index is 1.10. The summed E-state index contributed by atoms with van der Waals surface area (Å²) in [7, 11) is 0. The van der Waals surface area contributed by atoms with E-state index in [1.54, 1.807) is 0 Å². The third-order valence-electron chi connectivity index (χ3n) is 9.67. The number of aliphatic hydroxyl groups excluding tert-OH is 1. The van der Waals surface area contributed by atoms with E-state index in [-0.39, 0.29) is 43.0 Å². The van der Waals surface area contributed by atoms with Crippen LogP contribution >= 0.6 is 11.6 Å². The highest BCUT2D eigenvalue weighted by molar-refractivity contribution is 6.21. The zero-order chi connectivity index (χ0) is 25.5. The van der Waals surface area contributed by atoms with Crippen molar-refractivity contribution in [3.05, 3.63) is 0 Å². The van der Waals surface area contributed by atoms with E-state index in [9.17, 15) is 23.5 Å². The average Bonchev–Trinajstić information content (AvgIpc) is 2.85. The Bertz CT molecular complexity index is 827. The molecule has 2 amide bonds. The molecule has 0 spiro atoms. The zero-order valence-electron chi connectivity index (χ0n) is 20.8. The number of nitrogens with one attached hydrogen (secondary N) is 3. The van der Waals surface area contributed by atoms with Gasteiger partial charge >= 0.3 is 0 Å². The molecule has 8 atom stereocenters. The molecule has 10 heteroatoms. The van der Waals surface area contributed by atoms with Crippen LogP contribution in [0.15, 0.2) is 0 Å². The number of piperidine rings is 1. The lowest BCUT2D eigenvalue weighted by molar-refractivity contribution is -0.140. The molecule has 0 aromatic heterocycles. The molecule has 6 aliphatic rings. The van der Waals surface area contributed by atoms with E-state index >= 15 is 0 Å². The Morgan fingerprint density at radius 1 is 1.00 bits per heavy atom. The maximum absolute atomic E-state index is 13.8. The highest BCUT2D eigenvalue weighted by atomic mass is 35.5. The molecule has 0 aromatic carbocycles. The van der Waals surface area contributed by atoms with E-state index in [1.807, 2.05) is 0 Å². The van der Waals surface area contributed by atoms with Crippen LogP contribution in [-0.4, -0.2) is 76.6 Å². The first kappa shape index (κ1) is 26.6. The van der Waals surface area contributed by atoms with E-state index < -0.39 is 34.9 Å². The van der Waals surface area contributed by atoms with Gasteiger partial charge in [-0.05, 0) is 83.0 Å². The van der Waals surface area contributed by atoms with Crippen molar-refractivity contribution in [1.29, 1.82) is 0 Å². The van der Waals surface area contributed by atoms with Crippen LogP contribution in [0.2, 0.25) is 0 Å². The second kappa shape index (κ2) is 10.6. The molecule has 7 unspecified atom stereocenters. The number of hydrogen-bond donors (Lipinski definition) is 4. The van der Waals surface area contributed by atoms with Gasteiger partial charge in [-0.25, -0.2) is 8.78 Å². The first-order chi connectivity index (χ1) is 17.2. The van der Waals surface area contributed by atoms with Crippen molar-refractivity contribution >= 4 is 23.4 Å². The first-order valence-electron chi connectivity index (χ1n) is 13.8. The van der Waals surface area contributed by atoms with Crippen LogP contribution in [0.25, 0.3) is 0 Å². The predicted molar refractivity (Wildman–Crippen MR) is 131 cm³/mol. The van der Waals surface area contributed by atoms with Gasteiger partial charge in [0, 0.05) is 18.0 Å². The quantitative estimate of drug-likeness (QED) is 0.395. The highest BCUT2D eigenvalue weighted by Crippen LogP contribution is 2.47. The van der Waals surface area contributed by atoms with Crippen LogP contribution in [0.3, 0.4) is 0 Å². The fourth-order valence-corrected chi connectivity index (χ4v) is 7.62. The highest BCUT2D eigenvalue weighted by Gasteiger charge is 2.56. The van der Waals surface area contributed by atoms with Crippen LogP contribution in [-0.2, 0) is 14.3 Å². The van der Waals surface area contributed by atoms with Gasteiger partial charge in [-0.15, -0.1) is 11.6 Å². The van der Waals surface area contributed by atoms with Crippen molar-refractivity contribution in [1.82, 2.24) is 16.0 Å². The number of alkyl halides is 3. The number of rotatable bonds is 6. The van der Waals surface area contributed by atoms with Crippen LogP contribution in [0, 0.1) is 5.92 Å². The lowest BCUT2D eigenvalue weighted by Gasteiger charge is -2.56. The summed E-state index contributed by atoms with van der Waals surface area (Å²) in [4.78, 5) is 25.8. The number of fused-ring (bicyclic) bond motifs is 4. The summed E-state index contributed by atoms with van der Waals surface area (Å²) in [6.45, 7) is -0.136. The second-order valence-corrected chi connectivity index (χ2v) is 12.6. The number of amides is 2. The van der Waals surface area contributed by atoms with Gasteiger partial charge < -0.3 is 25.8 Å². The minimum Gasteiger partial charge on any atom is -0.391 e. The molecule has 36 heavy (non-hydrogen) atoms. The minimum atomic E-state index is -1.11. The monoisotopic (exact) mass is 531 g/mol. The summed E-state index contributed by atoms with van der Waals surface area (Å²) in [5.74, 6) is -0.0413. The molecule has 5 aliphatic carbocycles. The molecular weight excluding hydrogens is 492 g/mol. The summed E-state index contributed by atoms with van der Waals surface area (Å²) in [6, 6.07) is -0.125. The van der Waals surface area contributed by atoms with Gasteiger partial charge in [0.2, 0.25) is 11.8 Å². The lowest BCUT2D eigenvalue weighted by atomic mass is 9.59. The van der Waals surface area contributed by atoms with Gasteiger partial charge in [-0.3, -0.25) is 9.59 Å². The Labute approximate surface area is 216 Å². The van der Waals surface area contributed by atoms with Crippen LogP contribution in [0.1, 0.15) is 83.5 Å². The summed E-state index contributed by atoms with van der Waals surface area (Å²) in [6.07, 6.45) is 4.81. The van der Waals surface area contributed by atoms with Crippen molar-refractivity contribution in [3.8, 4) is 0 Å². The molecule has 1 aliphatic heterocycles. The van der Waals surface area contributed by atoms with E-state index in [2.05, 4.69) is 16.0 Å². The molecule has 4 N–H and O–H groups in total. The van der Waals surface area contributed by atoms with Crippen molar-refractivity contribution in [2.45, 2.75) is 137 Å². The standard InChI is InChI=1S/C26H40ClF2N3O4/c27-18-4-3-17(12-19(18)29)36-14-23(34)31-25-7-9-26(10-8-25,22(33)13-25)32-24(35)21-5-1-15-11-16(28)2-6-20(15)30-21/h15-22,30,33H,1-14H2,(H,31,34)(H,32,35)/t15?,16?,17?,18?,19?,20?,21?,22-,25?,26?/m0/s1. The molecule has 6 fully saturated rings. The Kier molecular flexibility index (Phi) is 7.84. The SMILES string of the molecule is O=C(COC1CCC(Cl)C(F)C1)NC12CCC(NC(=O)C3CCC4CC(F)CCC4N3)(CC1)[C@@H](O)C2. The Morgan fingerprint density at radius 3 is 2.50 bits per heavy atom. The molecule has 204 valence electrons. The Hall–Kier alpha value is -1.03. The van der Waals surface area contributed by atoms with Crippen molar-refractivity contribution < 1.29 is 28.2 Å². The van der Waals surface area contributed by atoms with Gasteiger partial charge in [-0.1, -0.05) is 0 Å². The molecule has 1 saturated heterocycles. The van der Waals surface area contributed by atoms with Crippen LogP contribution in [0.5, 0.6) is 0 Å². The fourth-order valence-electron chi connectivity index (χ4n) is 7.39. The summed E-state index contributed by atoms with van der Waals surface area (Å²) in [5, 5.41) is 20.3. The maximum Gasteiger partial charge on any atom is 0.246 e. The molecule has 0 radical (unpaired) electrons. The molecule has 2 bridgehead atoms. The van der Waals surface area contributed by atoms with E-state index in [4.69, 9.17) is 16.3 Å². The van der Waals surface area contributed by atoms with E-state index in [0.717, 1.165) is 12.8 Å². The van der Waals surface area contributed by atoms with Crippen molar-refractivity contribution in [2.24, 2.45) is 5.92 Å². The number of carbonyl (C=O) groups excluding carboxylic acids is 2. The molecule has 6 rings (SSSR count). The fraction of sp³-hybridized carbons (Fsp3) is 0.923. The predicted octanol–water partition coefficient (Wildman–Crippen LogP) is 2.81. The number of halogens is 3. The largest absolute Gasteiger partial charge is 0.391 e.